The summed E-state index contributed by atoms with van der Waals surface area (Å²) in [5, 5.41) is 4.79. The first-order chi connectivity index (χ1) is 42.4. The highest BCUT2D eigenvalue weighted by atomic mass is 19.3. The molecule has 2 amide bonds. The van der Waals surface area contributed by atoms with Crippen LogP contribution in [0.1, 0.15) is 101 Å². The Morgan fingerprint density at radius 3 is 1.17 bits per heavy atom. The van der Waals surface area contributed by atoms with Crippen LogP contribution in [0.5, 0.6) is 0 Å². The van der Waals surface area contributed by atoms with E-state index in [9.17, 15) is 83.1 Å². The van der Waals surface area contributed by atoms with Crippen molar-refractivity contribution in [3.63, 3.8) is 0 Å². The van der Waals surface area contributed by atoms with Gasteiger partial charge in [-0.2, -0.15) is 35.1 Å². The highest BCUT2D eigenvalue weighted by Gasteiger charge is 2.68. The van der Waals surface area contributed by atoms with Gasteiger partial charge in [0.25, 0.3) is 0 Å². The van der Waals surface area contributed by atoms with Crippen LogP contribution in [0.25, 0.3) is 0 Å². The maximum Gasteiger partial charge on any atom is 0.453 e. The van der Waals surface area contributed by atoms with E-state index in [-0.39, 0.29) is 52.4 Å². The van der Waals surface area contributed by atoms with Crippen LogP contribution in [0.3, 0.4) is 0 Å². The van der Waals surface area contributed by atoms with Gasteiger partial charge in [-0.25, -0.2) is 47.8 Å². The van der Waals surface area contributed by atoms with Crippen LogP contribution >= 0.6 is 0 Å². The van der Waals surface area contributed by atoms with Gasteiger partial charge in [0.15, 0.2) is 13.2 Å². The summed E-state index contributed by atoms with van der Waals surface area (Å²) in [5.74, 6) is -8.75. The van der Waals surface area contributed by atoms with Gasteiger partial charge in [-0.15, -0.1) is 0 Å². The van der Waals surface area contributed by atoms with Gasteiger partial charge in [0.1, 0.15) is 63.7 Å². The first-order valence-corrected chi connectivity index (χ1v) is 28.2. The van der Waals surface area contributed by atoms with E-state index in [2.05, 4.69) is 69.1 Å². The number of alkyl carbamates (subject to hydrolysis) is 2. The Kier molecular flexibility index (Phi) is 29.8. The number of alkyl halides is 8. The van der Waals surface area contributed by atoms with Gasteiger partial charge in [0, 0.05) is 56.4 Å². The summed E-state index contributed by atoms with van der Waals surface area (Å²) in [6, 6.07) is 0. The average molecular weight is 1340 g/mol. The monoisotopic (exact) mass is 1330 g/mol. The van der Waals surface area contributed by atoms with Gasteiger partial charge >= 0.3 is 84.4 Å². The summed E-state index contributed by atoms with van der Waals surface area (Å²) in [5.41, 5.74) is -7.03. The van der Waals surface area contributed by atoms with Crippen molar-refractivity contribution in [3.8, 4) is 0 Å². The van der Waals surface area contributed by atoms with Crippen LogP contribution in [0.2, 0.25) is 0 Å². The fraction of sp³-hybridized carbons (Fsp3) is 0.633. The van der Waals surface area contributed by atoms with Gasteiger partial charge in [-0.05, 0) is 80.0 Å². The van der Waals surface area contributed by atoms with Crippen molar-refractivity contribution in [3.05, 3.63) is 75.9 Å². The Balaban J connectivity index is 0.0000432. The Morgan fingerprint density at radius 1 is 0.435 bits per heavy atom. The number of hydrogen-bond donors (Lipinski definition) is 2. The third kappa shape index (κ3) is 28.7. The molecule has 0 aromatic rings. The zero-order valence-corrected chi connectivity index (χ0v) is 52.0. The predicted molar refractivity (Wildman–Crippen MR) is 304 cm³/mol. The molecule has 2 saturated carbocycles. The molecular weight excluding hydrogens is 1250 g/mol. The largest absolute Gasteiger partial charge is 0.465 e. The van der Waals surface area contributed by atoms with E-state index in [1.165, 1.54) is 6.92 Å². The maximum atomic E-state index is 14.8. The summed E-state index contributed by atoms with van der Waals surface area (Å²) in [4.78, 5) is 124. The van der Waals surface area contributed by atoms with E-state index in [1.807, 2.05) is 0 Å². The van der Waals surface area contributed by atoms with Crippen molar-refractivity contribution in [2.75, 3.05) is 72.6 Å². The smallest absolute Gasteiger partial charge is 0.453 e. The number of halogens is 8. The molecule has 0 aromatic heterocycles. The molecule has 2 rings (SSSR count). The molecule has 24 nitrogen and oxygen atoms in total. The molecule has 32 heteroatoms. The van der Waals surface area contributed by atoms with Gasteiger partial charge in [-0.3, -0.25) is 9.59 Å². The van der Waals surface area contributed by atoms with Gasteiger partial charge in [0.05, 0.1) is 6.42 Å². The van der Waals surface area contributed by atoms with Crippen LogP contribution in [-0.4, -0.2) is 163 Å². The highest BCUT2D eigenvalue weighted by molar-refractivity contribution is 5.83. The molecule has 520 valence electrons. The van der Waals surface area contributed by atoms with Crippen molar-refractivity contribution in [1.82, 2.24) is 10.6 Å². The number of amides is 2. The Hall–Kier alpha value is -7.90. The second-order valence-corrected chi connectivity index (χ2v) is 24.7. The lowest BCUT2D eigenvalue weighted by Crippen LogP contribution is -2.55. The van der Waals surface area contributed by atoms with Crippen molar-refractivity contribution in [1.29, 1.82) is 0 Å². The molecule has 0 radical (unpaired) electrons. The first kappa shape index (κ1) is 80.2. The lowest BCUT2D eigenvalue weighted by atomic mass is 9.59. The number of rotatable bonds is 39. The molecule has 4 atom stereocenters. The predicted octanol–water partition coefficient (Wildman–Crippen LogP) is 9.11. The number of carbonyl (C=O) groups is 10. The molecule has 0 aliphatic heterocycles. The zero-order valence-electron chi connectivity index (χ0n) is 52.0. The molecule has 0 heterocycles. The Labute approximate surface area is 527 Å². The second kappa shape index (κ2) is 34.1. The standard InChI is InChI=1S/C60H80F8N2O22.H2/c1-13-41(71)81-29-55(30-82-42(72)14-2,31-83-43(73)15-3)35-87-47(77)20-19-39-21-51(7,8)27-53(11,23-39)25-48(78)88-37-57(61,62)91-59(65,66)60(67,68)92-58(63,64)38-90-50(80)70-54(12)24-40(22-52(9,10)28-54)26-69-49(79)89-36-56(32-84-44(74)16-4,33-85-45(75)17-5)34-86-46(76)18-6;/h13-18,39-40H,1-6,19-38H2,7-12H3,(H,69,79)(H,70,80);1H. The minimum absolute atomic E-state index is 0. The number of esters is 8. The number of hydrogen-bond acceptors (Lipinski definition) is 22. The van der Waals surface area contributed by atoms with Crippen LogP contribution in [0.15, 0.2) is 75.9 Å². The van der Waals surface area contributed by atoms with Crippen molar-refractivity contribution in [2.24, 2.45) is 38.9 Å². The van der Waals surface area contributed by atoms with E-state index in [4.69, 9.17) is 37.9 Å². The van der Waals surface area contributed by atoms with E-state index < -0.39 is 195 Å². The summed E-state index contributed by atoms with van der Waals surface area (Å²) < 4.78 is 174. The minimum Gasteiger partial charge on any atom is -0.465 e. The minimum atomic E-state index is -6.58. The molecule has 92 heavy (non-hydrogen) atoms. The summed E-state index contributed by atoms with van der Waals surface area (Å²) in [7, 11) is 0. The molecule has 2 aliphatic carbocycles. The van der Waals surface area contributed by atoms with Crippen LogP contribution < -0.4 is 10.6 Å². The number of nitrogens with one attached hydrogen (secondary N) is 2. The lowest BCUT2D eigenvalue weighted by molar-refractivity contribution is -0.515. The fourth-order valence-corrected chi connectivity index (χ4v) is 11.0. The molecular formula is C60H82F8N2O22. The van der Waals surface area contributed by atoms with Crippen molar-refractivity contribution in [2.45, 2.75) is 129 Å². The van der Waals surface area contributed by atoms with Crippen LogP contribution in [0, 0.1) is 38.9 Å². The summed E-state index contributed by atoms with van der Waals surface area (Å²) in [6.07, 6.45) is -21.6. The van der Waals surface area contributed by atoms with E-state index in [0.29, 0.717) is 12.8 Å². The molecule has 2 aliphatic rings. The van der Waals surface area contributed by atoms with E-state index >= 15 is 0 Å². The molecule has 2 N–H and O–H groups in total. The quantitative estimate of drug-likeness (QED) is 0.0251. The second-order valence-electron chi connectivity index (χ2n) is 24.7. The summed E-state index contributed by atoms with van der Waals surface area (Å²) >= 11 is 0. The van der Waals surface area contributed by atoms with Gasteiger partial charge in [0.2, 0.25) is 0 Å². The third-order valence-corrected chi connectivity index (χ3v) is 14.1. The molecule has 2 fully saturated rings. The topological polar surface area (TPSA) is 306 Å². The maximum absolute atomic E-state index is 14.8. The average Bonchev–Trinajstić information content (AvgIpc) is 0.813. The number of ether oxygens (including phenoxy) is 12. The van der Waals surface area contributed by atoms with E-state index in [0.717, 1.165) is 36.5 Å². The van der Waals surface area contributed by atoms with Crippen molar-refractivity contribution < 1.29 is 141 Å². The normalized spacial score (nSPS) is 19.7. The van der Waals surface area contributed by atoms with Gasteiger partial charge < -0.3 is 58.0 Å². The molecule has 0 aromatic carbocycles. The van der Waals surface area contributed by atoms with E-state index in [1.54, 1.807) is 34.6 Å². The van der Waals surface area contributed by atoms with Crippen LogP contribution in [0.4, 0.5) is 44.7 Å². The zero-order chi connectivity index (χ0) is 70.2. The number of carbonyl (C=O) groups excluding carboxylic acids is 10. The highest BCUT2D eigenvalue weighted by Crippen LogP contribution is 2.52. The lowest BCUT2D eigenvalue weighted by Gasteiger charge is -2.46. The third-order valence-electron chi connectivity index (χ3n) is 14.1. The summed E-state index contributed by atoms with van der Waals surface area (Å²) in [6.45, 7) is 19.7. The Morgan fingerprint density at radius 2 is 0.772 bits per heavy atom. The molecule has 4 unspecified atom stereocenters. The molecule has 0 bridgehead atoms. The SMILES string of the molecule is C=CC(=O)OCC(COC(=O)C=C)(COC(=O)C=C)COC(=O)CCC1CC(C)(C)CC(C)(CC(=O)OCC(F)(F)OC(F)(F)C(F)(F)OC(F)(F)COC(=O)NC2(C)CC(CNC(=O)OCC(COC(=O)C=C)(COC(=O)C=C)COC(=O)C=C)CC(C)(C)C2)C1.[HH]. The van der Waals surface area contributed by atoms with Crippen LogP contribution in [-0.2, 0) is 95.2 Å². The van der Waals surface area contributed by atoms with Gasteiger partial charge in [-0.1, -0.05) is 74.1 Å². The fourth-order valence-electron chi connectivity index (χ4n) is 11.0. The molecule has 0 spiro atoms. The Bertz CT molecular complexity index is 2410. The first-order valence-electron chi connectivity index (χ1n) is 28.2. The molecule has 0 saturated heterocycles. The van der Waals surface area contributed by atoms with Crippen molar-refractivity contribution >= 4 is 59.9 Å².